The summed E-state index contributed by atoms with van der Waals surface area (Å²) in [6.45, 7) is 11.1. The number of rotatable bonds is 4. The molecule has 6 heteroatoms. The number of nitrogens with one attached hydrogen (secondary N) is 1. The van der Waals surface area contributed by atoms with Crippen molar-refractivity contribution in [2.75, 3.05) is 5.32 Å². The molecule has 2 aromatic carbocycles. The maximum atomic E-state index is 12.9. The van der Waals surface area contributed by atoms with E-state index in [-0.39, 0.29) is 19.6 Å². The molecule has 0 unspecified atom stereocenters. The molecule has 0 saturated heterocycles. The monoisotopic (exact) mass is 434 g/mol. The van der Waals surface area contributed by atoms with Crippen molar-refractivity contribution in [2.45, 2.75) is 34.1 Å². The molecule has 0 aliphatic rings. The summed E-state index contributed by atoms with van der Waals surface area (Å²) in [7, 11) is 0. The summed E-state index contributed by atoms with van der Waals surface area (Å²) in [5, 5.41) is 7.18. The first-order chi connectivity index (χ1) is 15.5. The van der Waals surface area contributed by atoms with Crippen molar-refractivity contribution >= 4 is 17.2 Å². The SMILES string of the molecule is C=CC.CC.Cc1nc2ccc(-c3ccc(NC(=O)Cc4ccc(F)cc4)cc3)cn2n1.[HH]. The van der Waals surface area contributed by atoms with Crippen LogP contribution in [0.2, 0.25) is 0 Å². The van der Waals surface area contributed by atoms with E-state index in [1.807, 2.05) is 70.3 Å². The Bertz CT molecular complexity index is 1160. The molecule has 4 rings (SSSR count). The molecule has 0 fully saturated rings. The van der Waals surface area contributed by atoms with Crippen LogP contribution in [0.15, 0.2) is 79.5 Å². The zero-order valence-electron chi connectivity index (χ0n) is 19.0. The summed E-state index contributed by atoms with van der Waals surface area (Å²) in [6.07, 6.45) is 3.88. The third-order valence-electron chi connectivity index (χ3n) is 4.22. The molecule has 0 aliphatic heterocycles. The Kier molecular flexibility index (Phi) is 9.29. The molecule has 0 spiro atoms. The maximum Gasteiger partial charge on any atom is 0.228 e. The van der Waals surface area contributed by atoms with Crippen LogP contribution in [0.4, 0.5) is 10.1 Å². The predicted octanol–water partition coefficient (Wildman–Crippen LogP) is 6.49. The molecule has 0 bridgehead atoms. The summed E-state index contributed by atoms with van der Waals surface area (Å²) >= 11 is 0. The zero-order chi connectivity index (χ0) is 23.5. The van der Waals surface area contributed by atoms with Crippen LogP contribution in [0.3, 0.4) is 0 Å². The number of amides is 1. The second-order valence-corrected chi connectivity index (χ2v) is 6.72. The third kappa shape index (κ3) is 6.87. The summed E-state index contributed by atoms with van der Waals surface area (Å²) in [5.74, 6) is 0.272. The molecule has 2 heterocycles. The Balaban J connectivity index is 0.000000841. The summed E-state index contributed by atoms with van der Waals surface area (Å²) < 4.78 is 14.7. The van der Waals surface area contributed by atoms with Crippen LogP contribution >= 0.6 is 0 Å². The van der Waals surface area contributed by atoms with Crippen molar-refractivity contribution in [3.05, 3.63) is 96.7 Å². The standard InChI is InChI=1S/C21H17FN4O.C3H6.C2H6.H2/c1-14-23-20-11-6-17(13-26(20)25-14)16-4-9-19(10-5-16)24-21(27)12-15-2-7-18(22)8-3-15;1-3-2;1-2;/h2-11,13H,12H2,1H3,(H,24,27);3H,1H2,2H3;1-2H3;1H. The summed E-state index contributed by atoms with van der Waals surface area (Å²) in [6, 6.07) is 17.4. The van der Waals surface area contributed by atoms with E-state index < -0.39 is 0 Å². The highest BCUT2D eigenvalue weighted by atomic mass is 19.1. The van der Waals surface area contributed by atoms with Crippen LogP contribution in [0.25, 0.3) is 16.8 Å². The molecule has 1 N–H and O–H groups in total. The van der Waals surface area contributed by atoms with Crippen LogP contribution in [-0.4, -0.2) is 20.5 Å². The molecule has 1 amide bonds. The molecule has 0 aliphatic carbocycles. The third-order valence-corrected chi connectivity index (χ3v) is 4.22. The Labute approximate surface area is 190 Å². The Hall–Kier alpha value is -3.80. The quantitative estimate of drug-likeness (QED) is 0.374. The van der Waals surface area contributed by atoms with Gasteiger partial charge in [-0.25, -0.2) is 13.9 Å². The molecular weight excluding hydrogens is 403 g/mol. The summed E-state index contributed by atoms with van der Waals surface area (Å²) in [4.78, 5) is 16.5. The van der Waals surface area contributed by atoms with Gasteiger partial charge in [-0.2, -0.15) is 5.10 Å². The van der Waals surface area contributed by atoms with Crippen molar-refractivity contribution in [3.8, 4) is 11.1 Å². The van der Waals surface area contributed by atoms with Crippen LogP contribution in [-0.2, 0) is 11.2 Å². The number of allylic oxidation sites excluding steroid dienone is 1. The van der Waals surface area contributed by atoms with Crippen LogP contribution in [0.5, 0.6) is 0 Å². The van der Waals surface area contributed by atoms with E-state index in [0.29, 0.717) is 5.69 Å². The van der Waals surface area contributed by atoms with Gasteiger partial charge in [0, 0.05) is 18.9 Å². The highest BCUT2D eigenvalue weighted by molar-refractivity contribution is 5.92. The molecule has 2 aromatic heterocycles. The molecule has 0 atom stereocenters. The van der Waals surface area contributed by atoms with E-state index in [0.717, 1.165) is 28.2 Å². The molecule has 4 aromatic rings. The van der Waals surface area contributed by atoms with Gasteiger partial charge in [0.15, 0.2) is 5.65 Å². The largest absolute Gasteiger partial charge is 0.326 e. The number of hydrogen-bond donors (Lipinski definition) is 1. The number of hydrogen-bond acceptors (Lipinski definition) is 3. The topological polar surface area (TPSA) is 59.3 Å². The van der Waals surface area contributed by atoms with Crippen molar-refractivity contribution in [2.24, 2.45) is 0 Å². The second kappa shape index (κ2) is 12.2. The lowest BCUT2D eigenvalue weighted by atomic mass is 10.1. The van der Waals surface area contributed by atoms with Gasteiger partial charge in [-0.1, -0.05) is 44.2 Å². The Morgan fingerprint density at radius 2 is 1.66 bits per heavy atom. The lowest BCUT2D eigenvalue weighted by Crippen LogP contribution is -2.14. The number of pyridine rings is 1. The van der Waals surface area contributed by atoms with Gasteiger partial charge in [-0.3, -0.25) is 4.79 Å². The molecular formula is C26H31FN4O. The van der Waals surface area contributed by atoms with Crippen molar-refractivity contribution in [3.63, 3.8) is 0 Å². The number of carbonyl (C=O) groups is 1. The van der Waals surface area contributed by atoms with Crippen LogP contribution in [0, 0.1) is 12.7 Å². The van der Waals surface area contributed by atoms with Crippen molar-refractivity contribution in [1.82, 2.24) is 14.6 Å². The maximum absolute atomic E-state index is 12.9. The number of halogens is 1. The van der Waals surface area contributed by atoms with Gasteiger partial charge in [0.25, 0.3) is 0 Å². The Morgan fingerprint density at radius 1 is 1.06 bits per heavy atom. The van der Waals surface area contributed by atoms with Gasteiger partial charge >= 0.3 is 0 Å². The first kappa shape index (κ1) is 24.5. The predicted molar refractivity (Wildman–Crippen MR) is 131 cm³/mol. The fourth-order valence-corrected chi connectivity index (χ4v) is 2.90. The van der Waals surface area contributed by atoms with Gasteiger partial charge < -0.3 is 5.32 Å². The smallest absolute Gasteiger partial charge is 0.228 e. The highest BCUT2D eigenvalue weighted by Crippen LogP contribution is 2.22. The lowest BCUT2D eigenvalue weighted by molar-refractivity contribution is -0.115. The van der Waals surface area contributed by atoms with Gasteiger partial charge in [0.05, 0.1) is 6.42 Å². The average Bonchev–Trinajstić information content (AvgIpc) is 3.17. The van der Waals surface area contributed by atoms with Crippen molar-refractivity contribution < 1.29 is 10.6 Å². The zero-order valence-corrected chi connectivity index (χ0v) is 19.0. The van der Waals surface area contributed by atoms with Crippen molar-refractivity contribution in [1.29, 1.82) is 0 Å². The number of aryl methyl sites for hydroxylation is 1. The molecule has 5 nitrogen and oxygen atoms in total. The van der Waals surface area contributed by atoms with E-state index >= 15 is 0 Å². The average molecular weight is 435 g/mol. The fraction of sp³-hybridized carbons (Fsp3) is 0.192. The van der Waals surface area contributed by atoms with Gasteiger partial charge in [0.2, 0.25) is 5.91 Å². The molecule has 168 valence electrons. The second-order valence-electron chi connectivity index (χ2n) is 6.72. The van der Waals surface area contributed by atoms with Gasteiger partial charge in [-0.15, -0.1) is 6.58 Å². The molecule has 0 saturated carbocycles. The first-order valence-electron chi connectivity index (χ1n) is 10.5. The minimum atomic E-state index is -0.311. The number of aromatic nitrogens is 3. The highest BCUT2D eigenvalue weighted by Gasteiger charge is 2.06. The van der Waals surface area contributed by atoms with Crippen LogP contribution in [0.1, 0.15) is 33.6 Å². The summed E-state index contributed by atoms with van der Waals surface area (Å²) in [5.41, 5.74) is 4.31. The normalized spacial score (nSPS) is 9.78. The van der Waals surface area contributed by atoms with E-state index in [1.165, 1.54) is 12.1 Å². The minimum Gasteiger partial charge on any atom is -0.326 e. The lowest BCUT2D eigenvalue weighted by Gasteiger charge is -2.07. The van der Waals surface area contributed by atoms with E-state index in [4.69, 9.17) is 0 Å². The number of carbonyl (C=O) groups excluding carboxylic acids is 1. The van der Waals surface area contributed by atoms with Gasteiger partial charge in [-0.05, 0) is 61.4 Å². The van der Waals surface area contributed by atoms with E-state index in [2.05, 4.69) is 22.0 Å². The minimum absolute atomic E-state index is 0. The van der Waals surface area contributed by atoms with E-state index in [1.54, 1.807) is 22.7 Å². The number of benzene rings is 2. The fourth-order valence-electron chi connectivity index (χ4n) is 2.90. The van der Waals surface area contributed by atoms with Crippen LogP contribution < -0.4 is 5.32 Å². The first-order valence-corrected chi connectivity index (χ1v) is 10.5. The van der Waals surface area contributed by atoms with Gasteiger partial charge in [0.1, 0.15) is 11.6 Å². The molecule has 0 radical (unpaired) electrons. The number of nitrogens with zero attached hydrogens (tertiary/aromatic N) is 3. The molecule has 32 heavy (non-hydrogen) atoms. The number of anilines is 1. The number of fused-ring (bicyclic) bond motifs is 1. The van der Waals surface area contributed by atoms with E-state index in [9.17, 15) is 9.18 Å². The Morgan fingerprint density at radius 3 is 2.28 bits per heavy atom.